The van der Waals surface area contributed by atoms with Gasteiger partial charge in [-0.3, -0.25) is 9.00 Å². The molecular weight excluding hydrogens is 312 g/mol. The molecule has 124 valence electrons. The standard InChI is InChI=1S/C18H22O4S/c1-12-5-8-14(9-6-12)23(20)18(16(19)22-17(2,3)4)11-13-7-10-15(18)21-13/h5-10,13,15H,11H2,1-4H3/t13-,15+,18-,23+/m1/s1. The molecule has 23 heavy (non-hydrogen) atoms. The van der Waals surface area contributed by atoms with E-state index in [4.69, 9.17) is 9.47 Å². The van der Waals surface area contributed by atoms with Crippen LogP contribution in [0.25, 0.3) is 0 Å². The minimum atomic E-state index is -1.54. The predicted octanol–water partition coefficient (Wildman–Crippen LogP) is 2.91. The SMILES string of the molecule is Cc1ccc([S@](=O)[C@]2(C(=O)OC(C)(C)C)C[C@H]3C=C[C@@H]2O3)cc1. The molecule has 5 heteroatoms. The first kappa shape index (κ1) is 16.4. The van der Waals surface area contributed by atoms with Gasteiger partial charge >= 0.3 is 5.97 Å². The molecule has 0 saturated carbocycles. The highest BCUT2D eigenvalue weighted by Crippen LogP contribution is 2.44. The minimum Gasteiger partial charge on any atom is -0.459 e. The van der Waals surface area contributed by atoms with Gasteiger partial charge in [0.1, 0.15) is 11.7 Å². The molecule has 0 N–H and O–H groups in total. The third kappa shape index (κ3) is 2.88. The Bertz CT molecular complexity index is 671. The van der Waals surface area contributed by atoms with Crippen molar-refractivity contribution in [3.05, 3.63) is 42.0 Å². The predicted molar refractivity (Wildman–Crippen MR) is 88.6 cm³/mol. The summed E-state index contributed by atoms with van der Waals surface area (Å²) in [5, 5.41) is 0. The van der Waals surface area contributed by atoms with Crippen LogP contribution in [-0.2, 0) is 25.1 Å². The van der Waals surface area contributed by atoms with E-state index in [1.54, 1.807) is 0 Å². The van der Waals surface area contributed by atoms with E-state index in [1.165, 1.54) is 0 Å². The largest absolute Gasteiger partial charge is 0.459 e. The lowest BCUT2D eigenvalue weighted by molar-refractivity contribution is -0.158. The lowest BCUT2D eigenvalue weighted by Crippen LogP contribution is -2.52. The van der Waals surface area contributed by atoms with Gasteiger partial charge in [0.05, 0.1) is 16.9 Å². The fourth-order valence-corrected chi connectivity index (χ4v) is 4.65. The van der Waals surface area contributed by atoms with Gasteiger partial charge in [0, 0.05) is 11.3 Å². The van der Waals surface area contributed by atoms with Crippen molar-refractivity contribution in [3.8, 4) is 0 Å². The van der Waals surface area contributed by atoms with Gasteiger partial charge in [0.25, 0.3) is 0 Å². The Morgan fingerprint density at radius 1 is 1.26 bits per heavy atom. The van der Waals surface area contributed by atoms with E-state index in [2.05, 4.69) is 0 Å². The molecule has 3 rings (SSSR count). The monoisotopic (exact) mass is 334 g/mol. The summed E-state index contributed by atoms with van der Waals surface area (Å²) in [5.74, 6) is -0.444. The number of benzene rings is 1. The van der Waals surface area contributed by atoms with Crippen LogP contribution in [0.4, 0.5) is 0 Å². The molecular formula is C18H22O4S. The van der Waals surface area contributed by atoms with Crippen molar-refractivity contribution >= 4 is 16.8 Å². The van der Waals surface area contributed by atoms with Gasteiger partial charge in [-0.2, -0.15) is 0 Å². The smallest absolute Gasteiger partial charge is 0.328 e. The molecule has 0 unspecified atom stereocenters. The van der Waals surface area contributed by atoms with Crippen LogP contribution in [0.2, 0.25) is 0 Å². The average Bonchev–Trinajstić information content (AvgIpc) is 3.06. The first-order chi connectivity index (χ1) is 10.7. The van der Waals surface area contributed by atoms with Crippen LogP contribution >= 0.6 is 0 Å². The van der Waals surface area contributed by atoms with E-state index >= 15 is 0 Å². The average molecular weight is 334 g/mol. The van der Waals surface area contributed by atoms with Crippen molar-refractivity contribution < 1.29 is 18.5 Å². The Balaban J connectivity index is 2.00. The van der Waals surface area contributed by atoms with Crippen molar-refractivity contribution in [2.24, 2.45) is 0 Å². The molecule has 0 radical (unpaired) electrons. The molecule has 2 aliphatic heterocycles. The van der Waals surface area contributed by atoms with Crippen molar-refractivity contribution in [3.63, 3.8) is 0 Å². The molecule has 1 aromatic carbocycles. The van der Waals surface area contributed by atoms with Crippen LogP contribution in [0.1, 0.15) is 32.8 Å². The van der Waals surface area contributed by atoms with E-state index in [9.17, 15) is 9.00 Å². The van der Waals surface area contributed by atoms with Gasteiger partial charge in [0.2, 0.25) is 0 Å². The van der Waals surface area contributed by atoms with E-state index in [0.717, 1.165) is 5.56 Å². The van der Waals surface area contributed by atoms with Crippen LogP contribution < -0.4 is 0 Å². The quantitative estimate of drug-likeness (QED) is 0.630. The normalized spacial score (nSPS) is 30.4. The summed E-state index contributed by atoms with van der Waals surface area (Å²) in [4.78, 5) is 13.6. The second-order valence-electron chi connectivity index (χ2n) is 7.16. The molecule has 4 nitrogen and oxygen atoms in total. The van der Waals surface area contributed by atoms with Gasteiger partial charge in [-0.1, -0.05) is 29.8 Å². The maximum Gasteiger partial charge on any atom is 0.328 e. The number of carbonyl (C=O) groups is 1. The van der Waals surface area contributed by atoms with Crippen molar-refractivity contribution in [2.75, 3.05) is 0 Å². The molecule has 2 bridgehead atoms. The lowest BCUT2D eigenvalue weighted by Gasteiger charge is -2.33. The highest BCUT2D eigenvalue weighted by atomic mass is 32.2. The summed E-state index contributed by atoms with van der Waals surface area (Å²) in [7, 11) is -1.54. The second kappa shape index (κ2) is 5.56. The van der Waals surface area contributed by atoms with Crippen molar-refractivity contribution in [1.29, 1.82) is 0 Å². The van der Waals surface area contributed by atoms with Crippen LogP contribution in [0.15, 0.2) is 41.3 Å². The summed E-state index contributed by atoms with van der Waals surface area (Å²) in [5.41, 5.74) is 0.453. The zero-order chi connectivity index (χ0) is 16.8. The van der Waals surface area contributed by atoms with Gasteiger partial charge in [-0.05, 0) is 39.8 Å². The van der Waals surface area contributed by atoms with Crippen LogP contribution in [-0.4, -0.2) is 32.7 Å². The van der Waals surface area contributed by atoms with Crippen molar-refractivity contribution in [1.82, 2.24) is 0 Å². The Labute approximate surface area is 139 Å². The number of hydrogen-bond donors (Lipinski definition) is 0. The highest BCUT2D eigenvalue weighted by molar-refractivity contribution is 7.87. The molecule has 1 saturated heterocycles. The fourth-order valence-electron chi connectivity index (χ4n) is 2.99. The number of rotatable bonds is 3. The Morgan fingerprint density at radius 2 is 1.91 bits per heavy atom. The Hall–Kier alpha value is -1.46. The summed E-state index contributed by atoms with van der Waals surface area (Å²) >= 11 is 0. The zero-order valence-electron chi connectivity index (χ0n) is 13.9. The molecule has 0 aliphatic carbocycles. The Morgan fingerprint density at radius 3 is 2.39 bits per heavy atom. The first-order valence-electron chi connectivity index (χ1n) is 7.78. The molecule has 1 aromatic rings. The maximum atomic E-state index is 13.3. The van der Waals surface area contributed by atoms with Crippen molar-refractivity contribution in [2.45, 2.75) is 61.6 Å². The summed E-state index contributed by atoms with van der Waals surface area (Å²) in [6, 6.07) is 7.43. The lowest BCUT2D eigenvalue weighted by atomic mass is 9.93. The summed E-state index contributed by atoms with van der Waals surface area (Å²) in [6.45, 7) is 7.42. The number of esters is 1. The van der Waals surface area contributed by atoms with Gasteiger partial charge < -0.3 is 9.47 Å². The van der Waals surface area contributed by atoms with Crippen LogP contribution in [0, 0.1) is 6.92 Å². The first-order valence-corrected chi connectivity index (χ1v) is 8.93. The zero-order valence-corrected chi connectivity index (χ0v) is 14.7. The number of fused-ring (bicyclic) bond motifs is 2. The summed E-state index contributed by atoms with van der Waals surface area (Å²) < 4.78 is 23.5. The number of hydrogen-bond acceptors (Lipinski definition) is 4. The molecule has 2 heterocycles. The molecule has 0 aromatic heterocycles. The fraction of sp³-hybridized carbons (Fsp3) is 0.500. The Kier molecular flexibility index (Phi) is 3.97. The molecule has 0 amide bonds. The van der Waals surface area contributed by atoms with Gasteiger partial charge in [0.15, 0.2) is 4.75 Å². The third-order valence-corrected chi connectivity index (χ3v) is 6.02. The van der Waals surface area contributed by atoms with E-state index in [0.29, 0.717) is 11.3 Å². The van der Waals surface area contributed by atoms with Crippen LogP contribution in [0.5, 0.6) is 0 Å². The highest BCUT2D eigenvalue weighted by Gasteiger charge is 2.61. The number of aryl methyl sites for hydroxylation is 1. The second-order valence-corrected chi connectivity index (χ2v) is 8.89. The molecule has 4 atom stereocenters. The maximum absolute atomic E-state index is 13.3. The number of ether oxygens (including phenoxy) is 2. The van der Waals surface area contributed by atoms with E-state index < -0.39 is 33.2 Å². The summed E-state index contributed by atoms with van der Waals surface area (Å²) in [6.07, 6.45) is 3.50. The molecule has 0 spiro atoms. The van der Waals surface area contributed by atoms with E-state index in [1.807, 2.05) is 64.1 Å². The van der Waals surface area contributed by atoms with Gasteiger partial charge in [-0.25, -0.2) is 0 Å². The van der Waals surface area contributed by atoms with E-state index in [-0.39, 0.29) is 6.10 Å². The minimum absolute atomic E-state index is 0.165. The molecule has 1 fully saturated rings. The molecule has 2 aliphatic rings. The number of carbonyl (C=O) groups excluding carboxylic acids is 1. The topological polar surface area (TPSA) is 52.6 Å². The van der Waals surface area contributed by atoms with Gasteiger partial charge in [-0.15, -0.1) is 0 Å². The van der Waals surface area contributed by atoms with Crippen LogP contribution in [0.3, 0.4) is 0 Å². The third-order valence-electron chi connectivity index (χ3n) is 4.10.